The zero-order valence-corrected chi connectivity index (χ0v) is 11.8. The van der Waals surface area contributed by atoms with Gasteiger partial charge in [-0.15, -0.1) is 0 Å². The third kappa shape index (κ3) is 11.2. The van der Waals surface area contributed by atoms with Gasteiger partial charge in [0.1, 0.15) is 5.75 Å². The molecular formula is C6H6Br3OTi. The SMILES string of the molecule is Oc1ccccc1.[Br-].[Br-].[Br-].[Ti+3]. The van der Waals surface area contributed by atoms with Crippen molar-refractivity contribution in [3.05, 3.63) is 30.3 Å². The Morgan fingerprint density at radius 3 is 1.36 bits per heavy atom. The summed E-state index contributed by atoms with van der Waals surface area (Å²) in [5.74, 6) is 0.322. The Hall–Kier alpha value is 1.17. The summed E-state index contributed by atoms with van der Waals surface area (Å²) in [4.78, 5) is 0. The number of hydrogen-bond acceptors (Lipinski definition) is 1. The normalized spacial score (nSPS) is 5.45. The molecule has 11 heavy (non-hydrogen) atoms. The smallest absolute Gasteiger partial charge is 1.00 e. The van der Waals surface area contributed by atoms with E-state index in [4.69, 9.17) is 5.11 Å². The maximum absolute atomic E-state index is 8.63. The first-order valence-corrected chi connectivity index (χ1v) is 2.13. The van der Waals surface area contributed by atoms with Crippen molar-refractivity contribution in [3.8, 4) is 5.75 Å². The number of rotatable bonds is 0. The maximum atomic E-state index is 8.63. The first-order chi connectivity index (χ1) is 3.39. The number of hydrogen-bond donors (Lipinski definition) is 1. The van der Waals surface area contributed by atoms with E-state index in [1.54, 1.807) is 24.3 Å². The number of phenolic OH excluding ortho intramolecular Hbond substituents is 1. The van der Waals surface area contributed by atoms with Gasteiger partial charge in [0, 0.05) is 0 Å². The molecule has 0 amide bonds. The molecule has 1 nitrogen and oxygen atoms in total. The Morgan fingerprint density at radius 1 is 0.818 bits per heavy atom. The molecule has 61 valence electrons. The standard InChI is InChI=1S/C6H6O.3BrH.Ti/c7-6-4-2-1-3-5-6;;;;/h1-5,7H;3*1H;/q;;;;+3/p-3. The van der Waals surface area contributed by atoms with Crippen LogP contribution in [0.1, 0.15) is 0 Å². The molecule has 1 aromatic rings. The topological polar surface area (TPSA) is 20.2 Å². The number of phenols is 1. The van der Waals surface area contributed by atoms with Crippen molar-refractivity contribution >= 4 is 0 Å². The molecule has 0 bridgehead atoms. The zero-order valence-electron chi connectivity index (χ0n) is 5.47. The molecular weight excluding hydrogens is 376 g/mol. The molecule has 0 aromatic heterocycles. The molecule has 0 atom stereocenters. The second kappa shape index (κ2) is 13.7. The molecule has 0 fully saturated rings. The van der Waals surface area contributed by atoms with Crippen LogP contribution in [0.4, 0.5) is 0 Å². The summed E-state index contributed by atoms with van der Waals surface area (Å²) in [6, 6.07) is 8.71. The average molecular weight is 382 g/mol. The van der Waals surface area contributed by atoms with Crippen molar-refractivity contribution < 1.29 is 77.8 Å². The summed E-state index contributed by atoms with van der Waals surface area (Å²) < 4.78 is 0. The van der Waals surface area contributed by atoms with Gasteiger partial charge in [-0.05, 0) is 12.1 Å². The Bertz CT molecular complexity index is 148. The Balaban J connectivity index is -0.0000000612. The zero-order chi connectivity index (χ0) is 5.11. The number of halogens is 3. The van der Waals surface area contributed by atoms with Crippen molar-refractivity contribution in [2.24, 2.45) is 0 Å². The third-order valence-corrected chi connectivity index (χ3v) is 0.756. The molecule has 0 spiro atoms. The molecule has 0 aliphatic heterocycles. The van der Waals surface area contributed by atoms with Gasteiger partial charge in [-0.2, -0.15) is 0 Å². The van der Waals surface area contributed by atoms with Gasteiger partial charge in [0.25, 0.3) is 0 Å². The second-order valence-electron chi connectivity index (χ2n) is 1.34. The summed E-state index contributed by atoms with van der Waals surface area (Å²) in [7, 11) is 0. The summed E-state index contributed by atoms with van der Waals surface area (Å²) in [5, 5.41) is 8.63. The molecule has 0 saturated heterocycles. The van der Waals surface area contributed by atoms with Crippen LogP contribution in [-0.2, 0) is 21.7 Å². The molecule has 1 radical (unpaired) electrons. The number of benzene rings is 1. The van der Waals surface area contributed by atoms with Crippen LogP contribution >= 0.6 is 0 Å². The van der Waals surface area contributed by atoms with E-state index in [1.165, 1.54) is 0 Å². The van der Waals surface area contributed by atoms with Crippen LogP contribution in [0.15, 0.2) is 30.3 Å². The summed E-state index contributed by atoms with van der Waals surface area (Å²) in [5.41, 5.74) is 0. The van der Waals surface area contributed by atoms with Crippen LogP contribution in [0.25, 0.3) is 0 Å². The number of aromatic hydroxyl groups is 1. The Labute approximate surface area is 113 Å². The van der Waals surface area contributed by atoms with Crippen LogP contribution in [0.2, 0.25) is 0 Å². The minimum absolute atomic E-state index is 0. The monoisotopic (exact) mass is 379 g/mol. The molecule has 1 rings (SSSR count). The van der Waals surface area contributed by atoms with E-state index in [-0.39, 0.29) is 72.7 Å². The molecule has 0 aliphatic rings. The van der Waals surface area contributed by atoms with Crippen LogP contribution in [0.3, 0.4) is 0 Å². The van der Waals surface area contributed by atoms with E-state index < -0.39 is 0 Å². The van der Waals surface area contributed by atoms with E-state index in [9.17, 15) is 0 Å². The third-order valence-electron chi connectivity index (χ3n) is 0.756. The average Bonchev–Trinajstić information content (AvgIpc) is 1.69. The van der Waals surface area contributed by atoms with E-state index >= 15 is 0 Å². The molecule has 1 N–H and O–H groups in total. The first-order valence-electron chi connectivity index (χ1n) is 2.13. The van der Waals surface area contributed by atoms with Crippen molar-refractivity contribution in [1.29, 1.82) is 0 Å². The predicted molar refractivity (Wildman–Crippen MR) is 28.1 cm³/mol. The van der Waals surface area contributed by atoms with Gasteiger partial charge in [-0.1, -0.05) is 18.2 Å². The van der Waals surface area contributed by atoms with Gasteiger partial charge in [-0.3, -0.25) is 0 Å². The molecule has 0 unspecified atom stereocenters. The van der Waals surface area contributed by atoms with Crippen molar-refractivity contribution in [2.75, 3.05) is 0 Å². The van der Waals surface area contributed by atoms with E-state index in [0.29, 0.717) is 5.75 Å². The van der Waals surface area contributed by atoms with Gasteiger partial charge >= 0.3 is 21.7 Å². The van der Waals surface area contributed by atoms with E-state index in [2.05, 4.69) is 0 Å². The quantitative estimate of drug-likeness (QED) is 0.443. The summed E-state index contributed by atoms with van der Waals surface area (Å²) in [6.07, 6.45) is 0. The summed E-state index contributed by atoms with van der Waals surface area (Å²) in [6.45, 7) is 0. The van der Waals surface area contributed by atoms with Crippen LogP contribution in [-0.4, -0.2) is 5.11 Å². The molecule has 0 aliphatic carbocycles. The van der Waals surface area contributed by atoms with Gasteiger partial charge in [0.2, 0.25) is 0 Å². The van der Waals surface area contributed by atoms with Crippen molar-refractivity contribution in [2.45, 2.75) is 0 Å². The maximum Gasteiger partial charge on any atom is 3.00 e. The Kier molecular flexibility index (Phi) is 28.4. The minimum Gasteiger partial charge on any atom is -1.00 e. The largest absolute Gasteiger partial charge is 3.00 e. The Morgan fingerprint density at radius 2 is 1.18 bits per heavy atom. The van der Waals surface area contributed by atoms with Crippen molar-refractivity contribution in [3.63, 3.8) is 0 Å². The van der Waals surface area contributed by atoms with Crippen LogP contribution in [0.5, 0.6) is 5.75 Å². The fourth-order valence-corrected chi connectivity index (χ4v) is 0.428. The van der Waals surface area contributed by atoms with E-state index in [0.717, 1.165) is 0 Å². The van der Waals surface area contributed by atoms with Gasteiger partial charge in [0.15, 0.2) is 0 Å². The van der Waals surface area contributed by atoms with Gasteiger partial charge in [-0.25, -0.2) is 0 Å². The van der Waals surface area contributed by atoms with E-state index in [1.807, 2.05) is 6.07 Å². The van der Waals surface area contributed by atoms with Crippen LogP contribution < -0.4 is 50.9 Å². The molecule has 0 heterocycles. The summed E-state index contributed by atoms with van der Waals surface area (Å²) >= 11 is 0. The molecule has 1 aromatic carbocycles. The van der Waals surface area contributed by atoms with Gasteiger partial charge < -0.3 is 56.1 Å². The minimum atomic E-state index is 0. The first kappa shape index (κ1) is 22.8. The molecule has 0 saturated carbocycles. The fourth-order valence-electron chi connectivity index (χ4n) is 0.428. The van der Waals surface area contributed by atoms with Gasteiger partial charge in [0.05, 0.1) is 0 Å². The second-order valence-corrected chi connectivity index (χ2v) is 1.34. The predicted octanol–water partition coefficient (Wildman–Crippen LogP) is -7.60. The fraction of sp³-hybridized carbons (Fsp3) is 0. The van der Waals surface area contributed by atoms with Crippen LogP contribution in [0, 0.1) is 0 Å². The molecule has 5 heteroatoms. The number of para-hydroxylation sites is 1. The van der Waals surface area contributed by atoms with Crippen molar-refractivity contribution in [1.82, 2.24) is 0 Å².